The van der Waals surface area contributed by atoms with E-state index < -0.39 is 0 Å². The predicted molar refractivity (Wildman–Crippen MR) is 93.8 cm³/mol. The Morgan fingerprint density at radius 1 is 1.29 bits per heavy atom. The highest BCUT2D eigenvalue weighted by atomic mass is 79.9. The molecule has 1 unspecified atom stereocenters. The average Bonchev–Trinajstić information content (AvgIpc) is 2.99. The van der Waals surface area contributed by atoms with Crippen LogP contribution < -0.4 is 10.1 Å². The van der Waals surface area contributed by atoms with Gasteiger partial charge in [0, 0.05) is 10.7 Å². The van der Waals surface area contributed by atoms with Gasteiger partial charge in [-0.3, -0.25) is 9.20 Å². The van der Waals surface area contributed by atoms with E-state index in [1.807, 2.05) is 60.0 Å². The monoisotopic (exact) mass is 388 g/mol. The van der Waals surface area contributed by atoms with E-state index in [1.54, 1.807) is 0 Å². The zero-order valence-corrected chi connectivity index (χ0v) is 14.7. The number of rotatable bonds is 6. The molecule has 0 aliphatic rings. The van der Waals surface area contributed by atoms with E-state index in [4.69, 9.17) is 4.74 Å². The van der Waals surface area contributed by atoms with Gasteiger partial charge < -0.3 is 10.1 Å². The first-order chi connectivity index (χ1) is 11.6. The number of ether oxygens (including phenoxy) is 1. The smallest absolute Gasteiger partial charge is 0.224 e. The van der Waals surface area contributed by atoms with Gasteiger partial charge in [-0.05, 0) is 37.3 Å². The van der Waals surface area contributed by atoms with Gasteiger partial charge in [0.1, 0.15) is 5.75 Å². The molecule has 3 rings (SSSR count). The minimum atomic E-state index is -0.235. The third kappa shape index (κ3) is 3.91. The van der Waals surface area contributed by atoms with Crippen molar-refractivity contribution in [2.45, 2.75) is 19.4 Å². The summed E-state index contributed by atoms with van der Waals surface area (Å²) in [5.74, 6) is 1.34. The van der Waals surface area contributed by atoms with E-state index in [1.165, 1.54) is 0 Å². The molecular formula is C17H17BrN4O2. The molecule has 3 aromatic rings. The van der Waals surface area contributed by atoms with E-state index in [9.17, 15) is 4.79 Å². The second-order valence-electron chi connectivity index (χ2n) is 5.33. The fourth-order valence-corrected chi connectivity index (χ4v) is 2.73. The van der Waals surface area contributed by atoms with Crippen molar-refractivity contribution in [3.63, 3.8) is 0 Å². The number of nitrogens with one attached hydrogen (secondary N) is 1. The second-order valence-corrected chi connectivity index (χ2v) is 6.25. The van der Waals surface area contributed by atoms with Crippen molar-refractivity contribution in [3.8, 4) is 5.75 Å². The largest absolute Gasteiger partial charge is 0.493 e. The molecule has 1 amide bonds. The fraction of sp³-hybridized carbons (Fsp3) is 0.235. The first-order valence-corrected chi connectivity index (χ1v) is 8.40. The molecule has 1 atom stereocenters. The highest BCUT2D eigenvalue weighted by Gasteiger charge is 2.15. The summed E-state index contributed by atoms with van der Waals surface area (Å²) in [4.78, 5) is 12.1. The van der Waals surface area contributed by atoms with Crippen LogP contribution in [-0.2, 0) is 4.79 Å². The van der Waals surface area contributed by atoms with Gasteiger partial charge in [-0.25, -0.2) is 0 Å². The van der Waals surface area contributed by atoms with Crippen LogP contribution in [0.4, 0.5) is 0 Å². The molecule has 1 N–H and O–H groups in total. The number of aromatic nitrogens is 3. The molecule has 124 valence electrons. The second kappa shape index (κ2) is 7.44. The number of halogens is 1. The van der Waals surface area contributed by atoms with Gasteiger partial charge in [0.05, 0.1) is 19.1 Å². The highest BCUT2D eigenvalue weighted by molar-refractivity contribution is 9.10. The Bertz CT molecular complexity index is 849. The predicted octanol–water partition coefficient (Wildman–Crippen LogP) is 3.14. The summed E-state index contributed by atoms with van der Waals surface area (Å²) in [7, 11) is 0. The molecule has 0 radical (unpaired) electrons. The Hall–Kier alpha value is -2.41. The van der Waals surface area contributed by atoms with Gasteiger partial charge >= 0.3 is 0 Å². The minimum absolute atomic E-state index is 0.0924. The number of carbonyl (C=O) groups excluding carboxylic acids is 1. The van der Waals surface area contributed by atoms with E-state index in [0.29, 0.717) is 12.4 Å². The lowest BCUT2D eigenvalue weighted by Gasteiger charge is -2.12. The summed E-state index contributed by atoms with van der Waals surface area (Å²) in [5, 5.41) is 11.2. The van der Waals surface area contributed by atoms with Gasteiger partial charge in [-0.2, -0.15) is 0 Å². The standard InChI is InChI=1S/C17H17BrN4O2/c1-12(17-21-20-15-7-2-3-9-22(15)17)19-16(23)8-10-24-14-6-4-5-13(18)11-14/h2-7,9,11-12H,8,10H2,1H3,(H,19,23). The molecule has 0 saturated carbocycles. The molecule has 24 heavy (non-hydrogen) atoms. The molecule has 0 fully saturated rings. The van der Waals surface area contributed by atoms with Crippen molar-refractivity contribution in [2.24, 2.45) is 0 Å². The van der Waals surface area contributed by atoms with Gasteiger partial charge in [-0.1, -0.05) is 28.1 Å². The van der Waals surface area contributed by atoms with Crippen molar-refractivity contribution < 1.29 is 9.53 Å². The first-order valence-electron chi connectivity index (χ1n) is 7.61. The van der Waals surface area contributed by atoms with Gasteiger partial charge in [0.15, 0.2) is 11.5 Å². The number of hydrogen-bond donors (Lipinski definition) is 1. The molecule has 0 saturated heterocycles. The lowest BCUT2D eigenvalue weighted by Crippen LogP contribution is -2.29. The van der Waals surface area contributed by atoms with Crippen LogP contribution in [0.15, 0.2) is 53.1 Å². The average molecular weight is 389 g/mol. The molecule has 0 bridgehead atoms. The lowest BCUT2D eigenvalue weighted by molar-refractivity contribution is -0.122. The Morgan fingerprint density at radius 2 is 2.17 bits per heavy atom. The van der Waals surface area contributed by atoms with Crippen LogP contribution in [0.2, 0.25) is 0 Å². The molecule has 0 aliphatic carbocycles. The van der Waals surface area contributed by atoms with Crippen molar-refractivity contribution >= 4 is 27.5 Å². The molecule has 0 spiro atoms. The lowest BCUT2D eigenvalue weighted by atomic mass is 10.3. The molecule has 1 aromatic carbocycles. The SMILES string of the molecule is CC(NC(=O)CCOc1cccc(Br)c1)c1nnc2ccccn12. The molecular weight excluding hydrogens is 372 g/mol. The van der Waals surface area contributed by atoms with Crippen molar-refractivity contribution in [3.05, 3.63) is 59.0 Å². The first kappa shape index (κ1) is 16.4. The van der Waals surface area contributed by atoms with Crippen molar-refractivity contribution in [2.75, 3.05) is 6.61 Å². The Morgan fingerprint density at radius 3 is 3.00 bits per heavy atom. The topological polar surface area (TPSA) is 68.5 Å². The van der Waals surface area contributed by atoms with Crippen LogP contribution in [0.1, 0.15) is 25.2 Å². The molecule has 6 nitrogen and oxygen atoms in total. The Kier molecular flexibility index (Phi) is 5.10. The van der Waals surface area contributed by atoms with E-state index >= 15 is 0 Å². The summed E-state index contributed by atoms with van der Waals surface area (Å²) < 4.78 is 8.38. The van der Waals surface area contributed by atoms with E-state index in [-0.39, 0.29) is 18.4 Å². The maximum Gasteiger partial charge on any atom is 0.224 e. The minimum Gasteiger partial charge on any atom is -0.493 e. The summed E-state index contributed by atoms with van der Waals surface area (Å²) in [5.41, 5.74) is 0.756. The summed E-state index contributed by atoms with van der Waals surface area (Å²) in [6, 6.07) is 13.0. The number of benzene rings is 1. The van der Waals surface area contributed by atoms with Crippen LogP contribution >= 0.6 is 15.9 Å². The quantitative estimate of drug-likeness (QED) is 0.704. The molecule has 7 heteroatoms. The van der Waals surface area contributed by atoms with E-state index in [0.717, 1.165) is 15.9 Å². The third-order valence-electron chi connectivity index (χ3n) is 3.50. The van der Waals surface area contributed by atoms with Crippen LogP contribution in [0.25, 0.3) is 5.65 Å². The maximum absolute atomic E-state index is 12.1. The van der Waals surface area contributed by atoms with Crippen LogP contribution in [0, 0.1) is 0 Å². The van der Waals surface area contributed by atoms with Crippen LogP contribution in [0.5, 0.6) is 5.75 Å². The number of fused-ring (bicyclic) bond motifs is 1. The number of carbonyl (C=O) groups is 1. The van der Waals surface area contributed by atoms with Crippen molar-refractivity contribution in [1.29, 1.82) is 0 Å². The van der Waals surface area contributed by atoms with Gasteiger partial charge in [-0.15, -0.1) is 10.2 Å². The van der Waals surface area contributed by atoms with Crippen molar-refractivity contribution in [1.82, 2.24) is 19.9 Å². The normalized spacial score (nSPS) is 12.1. The molecule has 0 aliphatic heterocycles. The maximum atomic E-state index is 12.1. The summed E-state index contributed by atoms with van der Waals surface area (Å²) >= 11 is 3.38. The fourth-order valence-electron chi connectivity index (χ4n) is 2.35. The zero-order chi connectivity index (χ0) is 16.9. The Balaban J connectivity index is 1.53. The van der Waals surface area contributed by atoms with Crippen LogP contribution in [-0.4, -0.2) is 27.1 Å². The Labute approximate surface area is 148 Å². The molecule has 2 aromatic heterocycles. The number of hydrogen-bond acceptors (Lipinski definition) is 4. The zero-order valence-electron chi connectivity index (χ0n) is 13.1. The third-order valence-corrected chi connectivity index (χ3v) is 3.99. The highest BCUT2D eigenvalue weighted by Crippen LogP contribution is 2.18. The van der Waals surface area contributed by atoms with Crippen LogP contribution in [0.3, 0.4) is 0 Å². The number of pyridine rings is 1. The summed E-state index contributed by atoms with van der Waals surface area (Å²) in [6.45, 7) is 2.20. The van der Waals surface area contributed by atoms with E-state index in [2.05, 4.69) is 31.4 Å². The number of amides is 1. The van der Waals surface area contributed by atoms with Gasteiger partial charge in [0.25, 0.3) is 0 Å². The molecule has 2 heterocycles. The van der Waals surface area contributed by atoms with Gasteiger partial charge in [0.2, 0.25) is 5.91 Å². The summed E-state index contributed by atoms with van der Waals surface area (Å²) in [6.07, 6.45) is 2.15. The number of nitrogens with zero attached hydrogens (tertiary/aromatic N) is 3.